The van der Waals surface area contributed by atoms with E-state index in [0.717, 1.165) is 11.8 Å². The summed E-state index contributed by atoms with van der Waals surface area (Å²) in [5, 5.41) is 9.78. The number of imide groups is 1. The molecule has 0 fully saturated rings. The van der Waals surface area contributed by atoms with Crippen molar-refractivity contribution in [2.24, 2.45) is 0 Å². The quantitative estimate of drug-likeness (QED) is 0.831. The standard InChI is InChI=1S/C11H11N3O5S/c1-2-17-10(16)12-8(15)6-20-11-14-13-9(19-11)7-4-3-5-18-7/h3-5H,2,6H2,1H3,(H,12,15,16). The van der Waals surface area contributed by atoms with Crippen molar-refractivity contribution in [1.82, 2.24) is 15.5 Å². The minimum atomic E-state index is -0.778. The molecular formula is C11H11N3O5S. The van der Waals surface area contributed by atoms with E-state index in [2.05, 4.69) is 20.3 Å². The molecular weight excluding hydrogens is 286 g/mol. The minimum absolute atomic E-state index is 0.0431. The van der Waals surface area contributed by atoms with E-state index in [1.807, 2.05) is 0 Å². The highest BCUT2D eigenvalue weighted by Crippen LogP contribution is 2.22. The summed E-state index contributed by atoms with van der Waals surface area (Å²) in [6.07, 6.45) is 0.707. The van der Waals surface area contributed by atoms with Gasteiger partial charge in [-0.15, -0.1) is 10.2 Å². The van der Waals surface area contributed by atoms with E-state index >= 15 is 0 Å². The molecule has 0 atom stereocenters. The van der Waals surface area contributed by atoms with Gasteiger partial charge in [0, 0.05) is 0 Å². The zero-order valence-electron chi connectivity index (χ0n) is 10.5. The molecule has 2 aromatic heterocycles. The molecule has 2 aromatic rings. The second-order valence-electron chi connectivity index (χ2n) is 3.41. The lowest BCUT2D eigenvalue weighted by molar-refractivity contribution is -0.117. The number of hydrogen-bond acceptors (Lipinski definition) is 8. The molecule has 0 aliphatic rings. The van der Waals surface area contributed by atoms with Crippen LogP contribution in [0.15, 0.2) is 32.5 Å². The molecule has 2 amide bonds. The summed E-state index contributed by atoms with van der Waals surface area (Å²) in [6, 6.07) is 3.37. The summed E-state index contributed by atoms with van der Waals surface area (Å²) < 4.78 is 14.9. The molecule has 106 valence electrons. The number of furan rings is 1. The summed E-state index contributed by atoms with van der Waals surface area (Å²) in [7, 11) is 0. The maximum absolute atomic E-state index is 11.4. The third-order valence-corrected chi connectivity index (χ3v) is 2.80. The van der Waals surface area contributed by atoms with Gasteiger partial charge >= 0.3 is 6.09 Å². The van der Waals surface area contributed by atoms with E-state index in [0.29, 0.717) is 5.76 Å². The second-order valence-corrected chi connectivity index (χ2v) is 4.33. The van der Waals surface area contributed by atoms with Crippen molar-refractivity contribution in [3.63, 3.8) is 0 Å². The first-order valence-corrected chi connectivity index (χ1v) is 6.64. The Morgan fingerprint density at radius 2 is 2.30 bits per heavy atom. The monoisotopic (exact) mass is 297 g/mol. The number of hydrogen-bond donors (Lipinski definition) is 1. The number of aromatic nitrogens is 2. The van der Waals surface area contributed by atoms with Gasteiger partial charge in [-0.1, -0.05) is 11.8 Å². The van der Waals surface area contributed by atoms with Crippen molar-refractivity contribution in [1.29, 1.82) is 0 Å². The highest BCUT2D eigenvalue weighted by Gasteiger charge is 2.14. The van der Waals surface area contributed by atoms with Crippen LogP contribution in [-0.4, -0.2) is 34.6 Å². The Kier molecular flexibility index (Phi) is 4.77. The highest BCUT2D eigenvalue weighted by molar-refractivity contribution is 7.99. The number of thioether (sulfide) groups is 1. The van der Waals surface area contributed by atoms with Gasteiger partial charge in [0.1, 0.15) is 0 Å². The van der Waals surface area contributed by atoms with Crippen molar-refractivity contribution in [2.45, 2.75) is 12.1 Å². The van der Waals surface area contributed by atoms with Crippen molar-refractivity contribution < 1.29 is 23.2 Å². The van der Waals surface area contributed by atoms with Crippen LogP contribution in [0.25, 0.3) is 11.7 Å². The lowest BCUT2D eigenvalue weighted by atomic mass is 10.5. The predicted molar refractivity (Wildman–Crippen MR) is 67.9 cm³/mol. The van der Waals surface area contributed by atoms with Crippen LogP contribution in [0, 0.1) is 0 Å². The highest BCUT2D eigenvalue weighted by atomic mass is 32.2. The third-order valence-electron chi connectivity index (χ3n) is 1.98. The van der Waals surface area contributed by atoms with Gasteiger partial charge in [0.15, 0.2) is 5.76 Å². The molecule has 0 bridgehead atoms. The Hall–Kier alpha value is -2.29. The molecule has 0 unspecified atom stereocenters. The Bertz CT molecular complexity index is 581. The van der Waals surface area contributed by atoms with Gasteiger partial charge in [-0.05, 0) is 19.1 Å². The zero-order valence-corrected chi connectivity index (χ0v) is 11.3. The van der Waals surface area contributed by atoms with E-state index in [9.17, 15) is 9.59 Å². The minimum Gasteiger partial charge on any atom is -0.459 e. The van der Waals surface area contributed by atoms with Crippen molar-refractivity contribution in [3.05, 3.63) is 18.4 Å². The maximum atomic E-state index is 11.4. The van der Waals surface area contributed by atoms with Crippen molar-refractivity contribution in [2.75, 3.05) is 12.4 Å². The number of ether oxygens (including phenoxy) is 1. The van der Waals surface area contributed by atoms with Crippen LogP contribution in [0.1, 0.15) is 6.92 Å². The van der Waals surface area contributed by atoms with Gasteiger partial charge in [0.25, 0.3) is 11.1 Å². The molecule has 8 nitrogen and oxygen atoms in total. The molecule has 2 heterocycles. The van der Waals surface area contributed by atoms with Crippen molar-refractivity contribution in [3.8, 4) is 11.7 Å². The molecule has 0 saturated heterocycles. The first-order chi connectivity index (χ1) is 9.69. The topological polar surface area (TPSA) is 107 Å². The molecule has 0 saturated carbocycles. The van der Waals surface area contributed by atoms with Gasteiger partial charge in [-0.3, -0.25) is 10.1 Å². The van der Waals surface area contributed by atoms with Crippen LogP contribution in [0.4, 0.5) is 4.79 Å². The van der Waals surface area contributed by atoms with Gasteiger partial charge in [0.2, 0.25) is 5.91 Å². The number of alkyl carbamates (subject to hydrolysis) is 1. The molecule has 1 N–H and O–H groups in total. The van der Waals surface area contributed by atoms with Crippen LogP contribution in [0.3, 0.4) is 0 Å². The van der Waals surface area contributed by atoms with Crippen LogP contribution < -0.4 is 5.32 Å². The first-order valence-electron chi connectivity index (χ1n) is 5.66. The van der Waals surface area contributed by atoms with Crippen LogP contribution in [0.5, 0.6) is 0 Å². The fourth-order valence-corrected chi connectivity index (χ4v) is 1.78. The fraction of sp³-hybridized carbons (Fsp3) is 0.273. The summed E-state index contributed by atoms with van der Waals surface area (Å²) >= 11 is 1.00. The average Bonchev–Trinajstić information content (AvgIpc) is 3.07. The van der Waals surface area contributed by atoms with Gasteiger partial charge in [-0.2, -0.15) is 0 Å². The van der Waals surface area contributed by atoms with Crippen LogP contribution in [-0.2, 0) is 9.53 Å². The molecule has 2 rings (SSSR count). The Morgan fingerprint density at radius 3 is 3.00 bits per heavy atom. The molecule has 20 heavy (non-hydrogen) atoms. The van der Waals surface area contributed by atoms with E-state index in [1.165, 1.54) is 6.26 Å². The van der Waals surface area contributed by atoms with E-state index in [1.54, 1.807) is 19.1 Å². The summed E-state index contributed by atoms with van der Waals surface area (Å²) in [6.45, 7) is 1.84. The number of amides is 2. The smallest absolute Gasteiger partial charge is 0.413 e. The van der Waals surface area contributed by atoms with E-state index in [-0.39, 0.29) is 23.5 Å². The summed E-state index contributed by atoms with van der Waals surface area (Å²) in [5.74, 6) is 0.119. The predicted octanol–water partition coefficient (Wildman–Crippen LogP) is 1.69. The lowest BCUT2D eigenvalue weighted by Crippen LogP contribution is -2.32. The third kappa shape index (κ3) is 3.85. The SMILES string of the molecule is CCOC(=O)NC(=O)CSc1nnc(-c2ccco2)o1. The molecule has 0 radical (unpaired) electrons. The Labute approximate surface area is 117 Å². The first kappa shape index (κ1) is 14.1. The number of nitrogens with one attached hydrogen (secondary N) is 1. The number of carbonyl (C=O) groups is 2. The van der Waals surface area contributed by atoms with Gasteiger partial charge < -0.3 is 13.6 Å². The average molecular weight is 297 g/mol. The fourth-order valence-electron chi connectivity index (χ4n) is 1.21. The van der Waals surface area contributed by atoms with Gasteiger partial charge in [-0.25, -0.2) is 4.79 Å². The second kappa shape index (κ2) is 6.75. The largest absolute Gasteiger partial charge is 0.459 e. The van der Waals surface area contributed by atoms with E-state index in [4.69, 9.17) is 8.83 Å². The molecule has 0 aliphatic heterocycles. The van der Waals surface area contributed by atoms with Gasteiger partial charge in [0.05, 0.1) is 18.6 Å². The normalized spacial score (nSPS) is 10.2. The van der Waals surface area contributed by atoms with Crippen molar-refractivity contribution >= 4 is 23.8 Å². The lowest BCUT2D eigenvalue weighted by Gasteiger charge is -2.02. The molecule has 0 aromatic carbocycles. The maximum Gasteiger partial charge on any atom is 0.413 e. The van der Waals surface area contributed by atoms with E-state index < -0.39 is 12.0 Å². The van der Waals surface area contributed by atoms with Crippen LogP contribution >= 0.6 is 11.8 Å². The Morgan fingerprint density at radius 1 is 1.45 bits per heavy atom. The van der Waals surface area contributed by atoms with Crippen LogP contribution in [0.2, 0.25) is 0 Å². The number of nitrogens with zero attached hydrogens (tertiary/aromatic N) is 2. The zero-order chi connectivity index (χ0) is 14.4. The molecule has 0 aliphatic carbocycles. The number of carbonyl (C=O) groups excluding carboxylic acids is 2. The summed E-state index contributed by atoms with van der Waals surface area (Å²) in [5.41, 5.74) is 0. The molecule has 9 heteroatoms. The molecule has 0 spiro atoms. The Balaban J connectivity index is 1.82. The summed E-state index contributed by atoms with van der Waals surface area (Å²) in [4.78, 5) is 22.4. The number of rotatable bonds is 5.